The van der Waals surface area contributed by atoms with Crippen LogP contribution in [0.4, 0.5) is 0 Å². The lowest BCUT2D eigenvalue weighted by Crippen LogP contribution is -2.54. The van der Waals surface area contributed by atoms with E-state index in [1.54, 1.807) is 0 Å². The van der Waals surface area contributed by atoms with Crippen molar-refractivity contribution in [3.63, 3.8) is 0 Å². The summed E-state index contributed by atoms with van der Waals surface area (Å²) < 4.78 is 0. The Morgan fingerprint density at radius 3 is 2.33 bits per heavy atom. The van der Waals surface area contributed by atoms with Gasteiger partial charge in [-0.05, 0) is 78.2 Å². The Morgan fingerprint density at radius 2 is 1.76 bits per heavy atom. The average molecular weight is 296 g/mol. The highest BCUT2D eigenvalue weighted by Gasteiger charge is 2.34. The summed E-state index contributed by atoms with van der Waals surface area (Å²) in [7, 11) is 6.58. The van der Waals surface area contributed by atoms with E-state index in [4.69, 9.17) is 0 Å². The second-order valence-corrected chi connectivity index (χ2v) is 7.67. The number of nitrogens with one attached hydrogen (secondary N) is 1. The van der Waals surface area contributed by atoms with Gasteiger partial charge >= 0.3 is 0 Å². The van der Waals surface area contributed by atoms with Crippen molar-refractivity contribution in [2.75, 3.05) is 40.8 Å². The minimum Gasteiger partial charge on any atom is -0.315 e. The molecule has 21 heavy (non-hydrogen) atoms. The zero-order chi connectivity index (χ0) is 15.2. The van der Waals surface area contributed by atoms with Crippen molar-refractivity contribution >= 4 is 0 Å². The van der Waals surface area contributed by atoms with E-state index in [-0.39, 0.29) is 0 Å². The Bertz CT molecular complexity index is 284. The molecule has 2 aliphatic rings. The summed E-state index contributed by atoms with van der Waals surface area (Å²) in [5, 5.41) is 3.61. The van der Waals surface area contributed by atoms with Crippen LogP contribution < -0.4 is 5.32 Å². The van der Waals surface area contributed by atoms with Gasteiger partial charge in [-0.1, -0.05) is 19.8 Å². The van der Waals surface area contributed by atoms with Crippen molar-refractivity contribution in [2.24, 2.45) is 11.8 Å². The molecule has 1 aliphatic carbocycles. The first-order chi connectivity index (χ1) is 10.1. The van der Waals surface area contributed by atoms with Crippen LogP contribution in [0.3, 0.4) is 0 Å². The largest absolute Gasteiger partial charge is 0.315 e. The molecular formula is C18H37N3. The number of likely N-dealkylation sites (tertiary alicyclic amines) is 1. The fraction of sp³-hybridized carbons (Fsp3) is 1.00. The molecular weight excluding hydrogens is 258 g/mol. The summed E-state index contributed by atoms with van der Waals surface area (Å²) in [5.74, 6) is 1.89. The third kappa shape index (κ3) is 4.94. The number of piperidine rings is 1. The molecule has 1 heterocycles. The summed E-state index contributed by atoms with van der Waals surface area (Å²) in [6.07, 6.45) is 9.82. The number of nitrogens with zero attached hydrogens (tertiary/aromatic N) is 2. The Hall–Kier alpha value is -0.120. The first kappa shape index (κ1) is 17.2. The number of hydrogen-bond donors (Lipinski definition) is 1. The second-order valence-electron chi connectivity index (χ2n) is 7.67. The van der Waals surface area contributed by atoms with Crippen molar-refractivity contribution in [1.29, 1.82) is 0 Å². The summed E-state index contributed by atoms with van der Waals surface area (Å²) in [5.41, 5.74) is 0. The van der Waals surface area contributed by atoms with E-state index in [2.05, 4.69) is 43.2 Å². The summed E-state index contributed by atoms with van der Waals surface area (Å²) in [6.45, 7) is 6.25. The molecule has 1 saturated carbocycles. The Labute approximate surface area is 132 Å². The van der Waals surface area contributed by atoms with Gasteiger partial charge in [0.15, 0.2) is 0 Å². The molecule has 0 aromatic rings. The maximum absolute atomic E-state index is 3.61. The SMILES string of the molecule is CCCC1CCC(NC)C(N2CCC(CN(C)C)CC2)C1. The number of hydrogen-bond acceptors (Lipinski definition) is 3. The highest BCUT2D eigenvalue weighted by Crippen LogP contribution is 2.33. The normalized spacial score (nSPS) is 32.7. The van der Waals surface area contributed by atoms with Crippen LogP contribution in [0.2, 0.25) is 0 Å². The van der Waals surface area contributed by atoms with Crippen LogP contribution in [0.15, 0.2) is 0 Å². The average Bonchev–Trinajstić information content (AvgIpc) is 2.48. The van der Waals surface area contributed by atoms with Crippen LogP contribution in [-0.4, -0.2) is 62.7 Å². The fourth-order valence-electron chi connectivity index (χ4n) is 4.63. The lowest BCUT2D eigenvalue weighted by Gasteiger charge is -2.45. The Kier molecular flexibility index (Phi) is 6.97. The van der Waals surface area contributed by atoms with Gasteiger partial charge in [0.1, 0.15) is 0 Å². The molecule has 3 atom stereocenters. The predicted molar refractivity (Wildman–Crippen MR) is 91.7 cm³/mol. The highest BCUT2D eigenvalue weighted by molar-refractivity contribution is 4.92. The minimum absolute atomic E-state index is 0.725. The smallest absolute Gasteiger partial charge is 0.0251 e. The van der Waals surface area contributed by atoms with Gasteiger partial charge in [0, 0.05) is 18.6 Å². The molecule has 0 bridgehead atoms. The maximum atomic E-state index is 3.61. The number of rotatable bonds is 6. The molecule has 2 rings (SSSR count). The quantitative estimate of drug-likeness (QED) is 0.813. The standard InChI is InChI=1S/C18H37N3/c1-5-6-15-7-8-17(19-2)18(13-15)21-11-9-16(10-12-21)14-20(3)4/h15-19H,5-14H2,1-4H3. The van der Waals surface area contributed by atoms with E-state index in [0.717, 1.165) is 23.9 Å². The van der Waals surface area contributed by atoms with Crippen LogP contribution in [0.1, 0.15) is 51.9 Å². The van der Waals surface area contributed by atoms with E-state index < -0.39 is 0 Å². The molecule has 0 spiro atoms. The Balaban J connectivity index is 1.86. The molecule has 2 fully saturated rings. The zero-order valence-electron chi connectivity index (χ0n) is 14.8. The van der Waals surface area contributed by atoms with Crippen LogP contribution in [0.25, 0.3) is 0 Å². The zero-order valence-corrected chi connectivity index (χ0v) is 14.8. The highest BCUT2D eigenvalue weighted by atomic mass is 15.2. The van der Waals surface area contributed by atoms with Gasteiger partial charge in [-0.25, -0.2) is 0 Å². The van der Waals surface area contributed by atoms with Crippen molar-refractivity contribution in [1.82, 2.24) is 15.1 Å². The molecule has 0 aromatic carbocycles. The van der Waals surface area contributed by atoms with Gasteiger partial charge in [-0.3, -0.25) is 4.90 Å². The van der Waals surface area contributed by atoms with Crippen LogP contribution in [0, 0.1) is 11.8 Å². The monoisotopic (exact) mass is 295 g/mol. The molecule has 3 heteroatoms. The first-order valence-electron chi connectivity index (χ1n) is 9.20. The molecule has 0 radical (unpaired) electrons. The first-order valence-corrected chi connectivity index (χ1v) is 9.20. The summed E-state index contributed by atoms with van der Waals surface area (Å²) in [6, 6.07) is 1.52. The van der Waals surface area contributed by atoms with Crippen molar-refractivity contribution < 1.29 is 0 Å². The van der Waals surface area contributed by atoms with E-state index in [0.29, 0.717) is 0 Å². The van der Waals surface area contributed by atoms with E-state index in [1.807, 2.05) is 0 Å². The molecule has 1 aliphatic heterocycles. The lowest BCUT2D eigenvalue weighted by molar-refractivity contribution is 0.0608. The van der Waals surface area contributed by atoms with Gasteiger partial charge in [0.25, 0.3) is 0 Å². The van der Waals surface area contributed by atoms with E-state index >= 15 is 0 Å². The summed E-state index contributed by atoms with van der Waals surface area (Å²) in [4.78, 5) is 5.17. The third-order valence-corrected chi connectivity index (χ3v) is 5.73. The van der Waals surface area contributed by atoms with Crippen LogP contribution >= 0.6 is 0 Å². The van der Waals surface area contributed by atoms with Gasteiger partial charge in [-0.15, -0.1) is 0 Å². The minimum atomic E-state index is 0.725. The second kappa shape index (κ2) is 8.50. The third-order valence-electron chi connectivity index (χ3n) is 5.73. The van der Waals surface area contributed by atoms with Gasteiger partial charge in [0.05, 0.1) is 0 Å². The van der Waals surface area contributed by atoms with Gasteiger partial charge in [0.2, 0.25) is 0 Å². The van der Waals surface area contributed by atoms with Crippen molar-refractivity contribution in [3.8, 4) is 0 Å². The molecule has 1 N–H and O–H groups in total. The summed E-state index contributed by atoms with van der Waals surface area (Å²) >= 11 is 0. The molecule has 0 amide bonds. The maximum Gasteiger partial charge on any atom is 0.0251 e. The predicted octanol–water partition coefficient (Wildman–Crippen LogP) is 2.82. The lowest BCUT2D eigenvalue weighted by atomic mass is 9.78. The van der Waals surface area contributed by atoms with Crippen LogP contribution in [-0.2, 0) is 0 Å². The van der Waals surface area contributed by atoms with Gasteiger partial charge < -0.3 is 10.2 Å². The number of likely N-dealkylation sites (N-methyl/N-ethyl adjacent to an activating group) is 1. The van der Waals surface area contributed by atoms with Crippen molar-refractivity contribution in [2.45, 2.75) is 64.0 Å². The van der Waals surface area contributed by atoms with E-state index in [1.165, 1.54) is 64.6 Å². The molecule has 1 saturated heterocycles. The topological polar surface area (TPSA) is 18.5 Å². The van der Waals surface area contributed by atoms with Crippen LogP contribution in [0.5, 0.6) is 0 Å². The van der Waals surface area contributed by atoms with Crippen molar-refractivity contribution in [3.05, 3.63) is 0 Å². The molecule has 3 nitrogen and oxygen atoms in total. The fourth-order valence-corrected chi connectivity index (χ4v) is 4.63. The van der Waals surface area contributed by atoms with E-state index in [9.17, 15) is 0 Å². The van der Waals surface area contributed by atoms with Gasteiger partial charge in [-0.2, -0.15) is 0 Å². The molecule has 3 unspecified atom stereocenters. The molecule has 0 aromatic heterocycles. The Morgan fingerprint density at radius 1 is 1.05 bits per heavy atom. The molecule has 124 valence electrons.